The molecule has 0 aromatic heterocycles. The summed E-state index contributed by atoms with van der Waals surface area (Å²) in [5.74, 6) is -0.767. The van der Waals surface area contributed by atoms with Gasteiger partial charge in [0.05, 0.1) is 6.42 Å². The number of amides is 1. The molecule has 0 heterocycles. The van der Waals surface area contributed by atoms with Gasteiger partial charge in [-0.05, 0) is 34.9 Å². The van der Waals surface area contributed by atoms with Crippen LogP contribution < -0.4 is 5.32 Å². The average molecular weight is 333 g/mol. The van der Waals surface area contributed by atoms with Crippen LogP contribution in [-0.2, 0) is 20.7 Å². The van der Waals surface area contributed by atoms with E-state index in [1.165, 1.54) is 0 Å². The molecule has 0 spiro atoms. The molecule has 1 amide bonds. The van der Waals surface area contributed by atoms with Crippen molar-refractivity contribution in [2.24, 2.45) is 0 Å². The number of carbonyl (C=O) groups excluding carboxylic acids is 2. The fraction of sp³-hybridized carbons (Fsp3) is 0.143. The number of aryl methyl sites for hydroxylation is 1. The molecule has 0 aliphatic carbocycles. The fourth-order valence-electron chi connectivity index (χ4n) is 2.61. The third-order valence-electron chi connectivity index (χ3n) is 3.95. The molecule has 1 N–H and O–H groups in total. The molecule has 4 heteroatoms. The highest BCUT2D eigenvalue weighted by molar-refractivity contribution is 5.93. The normalized spacial score (nSPS) is 10.4. The molecule has 0 bridgehead atoms. The molecule has 25 heavy (non-hydrogen) atoms. The van der Waals surface area contributed by atoms with Gasteiger partial charge in [-0.2, -0.15) is 0 Å². The van der Waals surface area contributed by atoms with Gasteiger partial charge >= 0.3 is 5.97 Å². The largest absolute Gasteiger partial charge is 0.455 e. The number of hydrogen-bond acceptors (Lipinski definition) is 3. The molecule has 0 saturated carbocycles. The Morgan fingerprint density at radius 3 is 2.44 bits per heavy atom. The van der Waals surface area contributed by atoms with Crippen molar-refractivity contribution in [1.29, 1.82) is 0 Å². The number of esters is 1. The van der Waals surface area contributed by atoms with Crippen LogP contribution in [0.2, 0.25) is 0 Å². The molecule has 3 rings (SSSR count). The van der Waals surface area contributed by atoms with Gasteiger partial charge in [0.25, 0.3) is 5.91 Å². The molecule has 0 saturated heterocycles. The highest BCUT2D eigenvalue weighted by Crippen LogP contribution is 2.16. The van der Waals surface area contributed by atoms with Crippen molar-refractivity contribution in [3.05, 3.63) is 77.9 Å². The van der Waals surface area contributed by atoms with Crippen molar-refractivity contribution in [3.8, 4) is 0 Å². The van der Waals surface area contributed by atoms with Gasteiger partial charge in [0, 0.05) is 5.69 Å². The predicted octanol–water partition coefficient (Wildman–Crippen LogP) is 3.87. The van der Waals surface area contributed by atoms with E-state index in [1.54, 1.807) is 0 Å². The number of fused-ring (bicyclic) bond motifs is 1. The Morgan fingerprint density at radius 1 is 0.920 bits per heavy atom. The van der Waals surface area contributed by atoms with Crippen LogP contribution in [-0.4, -0.2) is 18.5 Å². The van der Waals surface area contributed by atoms with Gasteiger partial charge in [-0.1, -0.05) is 60.7 Å². The first kappa shape index (κ1) is 16.7. The maximum Gasteiger partial charge on any atom is 0.310 e. The van der Waals surface area contributed by atoms with Gasteiger partial charge in [0.1, 0.15) is 0 Å². The van der Waals surface area contributed by atoms with E-state index in [0.29, 0.717) is 0 Å². The van der Waals surface area contributed by atoms with E-state index in [4.69, 9.17) is 4.74 Å². The Labute approximate surface area is 146 Å². The first-order valence-electron chi connectivity index (χ1n) is 8.10. The molecule has 3 aromatic carbocycles. The third-order valence-corrected chi connectivity index (χ3v) is 3.95. The van der Waals surface area contributed by atoms with Crippen LogP contribution >= 0.6 is 0 Å². The SMILES string of the molecule is Cc1ccccc1NC(=O)COC(=O)Cc1ccc2ccccc2c1. The summed E-state index contributed by atoms with van der Waals surface area (Å²) in [6.45, 7) is 1.61. The zero-order valence-corrected chi connectivity index (χ0v) is 14.0. The summed E-state index contributed by atoms with van der Waals surface area (Å²) in [4.78, 5) is 23.9. The molecule has 0 unspecified atom stereocenters. The van der Waals surface area contributed by atoms with Crippen LogP contribution in [0.25, 0.3) is 10.8 Å². The van der Waals surface area contributed by atoms with E-state index in [1.807, 2.05) is 73.7 Å². The smallest absolute Gasteiger partial charge is 0.310 e. The van der Waals surface area contributed by atoms with Crippen LogP contribution in [0, 0.1) is 6.92 Å². The Bertz CT molecular complexity index is 918. The number of benzene rings is 3. The first-order chi connectivity index (χ1) is 12.1. The second-order valence-corrected chi connectivity index (χ2v) is 5.88. The Morgan fingerprint density at radius 2 is 1.64 bits per heavy atom. The summed E-state index contributed by atoms with van der Waals surface area (Å²) in [6, 6.07) is 21.2. The number of carbonyl (C=O) groups is 2. The van der Waals surface area contributed by atoms with Gasteiger partial charge in [-0.25, -0.2) is 0 Å². The minimum atomic E-state index is -0.421. The van der Waals surface area contributed by atoms with Crippen molar-refractivity contribution in [2.45, 2.75) is 13.3 Å². The molecule has 126 valence electrons. The Balaban J connectivity index is 1.53. The van der Waals surface area contributed by atoms with E-state index in [9.17, 15) is 9.59 Å². The quantitative estimate of drug-likeness (QED) is 0.721. The molecule has 0 atom stereocenters. The lowest BCUT2D eigenvalue weighted by molar-refractivity contribution is -0.146. The number of para-hydroxylation sites is 1. The van der Waals surface area contributed by atoms with Crippen LogP contribution in [0.15, 0.2) is 66.7 Å². The number of nitrogens with one attached hydrogen (secondary N) is 1. The van der Waals surface area contributed by atoms with E-state index in [0.717, 1.165) is 27.6 Å². The maximum absolute atomic E-state index is 12.0. The third kappa shape index (κ3) is 4.44. The van der Waals surface area contributed by atoms with E-state index in [2.05, 4.69) is 5.32 Å². The summed E-state index contributed by atoms with van der Waals surface area (Å²) in [5.41, 5.74) is 2.54. The molecular formula is C21H19NO3. The molecule has 0 aliphatic rings. The predicted molar refractivity (Wildman–Crippen MR) is 98.4 cm³/mol. The summed E-state index contributed by atoms with van der Waals surface area (Å²) < 4.78 is 5.08. The molecule has 0 fully saturated rings. The van der Waals surface area contributed by atoms with Gasteiger partial charge in [0.15, 0.2) is 6.61 Å². The topological polar surface area (TPSA) is 55.4 Å². The first-order valence-corrected chi connectivity index (χ1v) is 8.10. The molecule has 4 nitrogen and oxygen atoms in total. The summed E-state index contributed by atoms with van der Waals surface area (Å²) in [6.07, 6.45) is 0.141. The fourth-order valence-corrected chi connectivity index (χ4v) is 2.61. The second-order valence-electron chi connectivity index (χ2n) is 5.88. The Kier molecular flexibility index (Phi) is 5.09. The lowest BCUT2D eigenvalue weighted by Crippen LogP contribution is -2.22. The van der Waals surface area contributed by atoms with Gasteiger partial charge in [-0.15, -0.1) is 0 Å². The van der Waals surface area contributed by atoms with Crippen molar-refractivity contribution in [3.63, 3.8) is 0 Å². The zero-order chi connectivity index (χ0) is 17.6. The molecule has 3 aromatic rings. The molecule has 0 aliphatic heterocycles. The summed E-state index contributed by atoms with van der Waals surface area (Å²) in [7, 11) is 0. The van der Waals surface area contributed by atoms with Crippen molar-refractivity contribution < 1.29 is 14.3 Å². The van der Waals surface area contributed by atoms with Crippen LogP contribution in [0.1, 0.15) is 11.1 Å². The number of ether oxygens (including phenoxy) is 1. The lowest BCUT2D eigenvalue weighted by atomic mass is 10.1. The zero-order valence-electron chi connectivity index (χ0n) is 14.0. The highest BCUT2D eigenvalue weighted by Gasteiger charge is 2.10. The van der Waals surface area contributed by atoms with Crippen LogP contribution in [0.4, 0.5) is 5.69 Å². The van der Waals surface area contributed by atoms with Gasteiger partial charge in [-0.3, -0.25) is 9.59 Å². The minimum absolute atomic E-state index is 0.141. The molecule has 0 radical (unpaired) electrons. The van der Waals surface area contributed by atoms with Crippen LogP contribution in [0.5, 0.6) is 0 Å². The van der Waals surface area contributed by atoms with Crippen molar-refractivity contribution in [1.82, 2.24) is 0 Å². The van der Waals surface area contributed by atoms with Gasteiger partial charge < -0.3 is 10.1 Å². The van der Waals surface area contributed by atoms with Crippen LogP contribution in [0.3, 0.4) is 0 Å². The summed E-state index contributed by atoms with van der Waals surface area (Å²) >= 11 is 0. The summed E-state index contributed by atoms with van der Waals surface area (Å²) in [5, 5.41) is 4.93. The molecular weight excluding hydrogens is 314 g/mol. The highest BCUT2D eigenvalue weighted by atomic mass is 16.5. The lowest BCUT2D eigenvalue weighted by Gasteiger charge is -2.09. The van der Waals surface area contributed by atoms with Crippen molar-refractivity contribution in [2.75, 3.05) is 11.9 Å². The van der Waals surface area contributed by atoms with E-state index in [-0.39, 0.29) is 18.9 Å². The maximum atomic E-state index is 12.0. The van der Waals surface area contributed by atoms with Crippen molar-refractivity contribution >= 4 is 28.3 Å². The Hall–Kier alpha value is -3.14. The van der Waals surface area contributed by atoms with E-state index < -0.39 is 5.97 Å². The average Bonchev–Trinajstić information content (AvgIpc) is 2.62. The number of rotatable bonds is 5. The standard InChI is InChI=1S/C21H19NO3/c1-15-6-2-5-9-19(15)22-20(23)14-25-21(24)13-16-10-11-17-7-3-4-8-18(17)12-16/h2-12H,13-14H2,1H3,(H,22,23). The monoisotopic (exact) mass is 333 g/mol. The number of hydrogen-bond donors (Lipinski definition) is 1. The number of anilines is 1. The minimum Gasteiger partial charge on any atom is -0.455 e. The van der Waals surface area contributed by atoms with E-state index >= 15 is 0 Å². The van der Waals surface area contributed by atoms with Gasteiger partial charge in [0.2, 0.25) is 0 Å². The second kappa shape index (κ2) is 7.62.